The van der Waals surface area contributed by atoms with Crippen molar-refractivity contribution in [3.8, 4) is 0 Å². The molecule has 1 aromatic carbocycles. The zero-order chi connectivity index (χ0) is 10.6. The quantitative estimate of drug-likeness (QED) is 0.855. The second-order valence-electron chi connectivity index (χ2n) is 3.31. The van der Waals surface area contributed by atoms with Gasteiger partial charge in [0.1, 0.15) is 0 Å². The van der Waals surface area contributed by atoms with Crippen LogP contribution in [-0.4, -0.2) is 17.1 Å². The van der Waals surface area contributed by atoms with Crippen LogP contribution in [-0.2, 0) is 0 Å². The Labute approximate surface area is 94.5 Å². The summed E-state index contributed by atoms with van der Waals surface area (Å²) in [7, 11) is 0. The van der Waals surface area contributed by atoms with Gasteiger partial charge in [-0.1, -0.05) is 23.7 Å². The molecule has 1 nitrogen and oxygen atoms in total. The van der Waals surface area contributed by atoms with E-state index in [1.807, 2.05) is 31.4 Å². The molecule has 14 heavy (non-hydrogen) atoms. The molecule has 0 spiro atoms. The van der Waals surface area contributed by atoms with Crippen LogP contribution in [0.3, 0.4) is 0 Å². The highest BCUT2D eigenvalue weighted by Gasteiger charge is 2.07. The molecule has 0 amide bonds. The SMILES string of the molecule is CSCCC(O)c1ccc(C)c(Cl)c1. The summed E-state index contributed by atoms with van der Waals surface area (Å²) >= 11 is 7.71. The monoisotopic (exact) mass is 230 g/mol. The third kappa shape index (κ3) is 3.19. The first-order chi connectivity index (χ1) is 6.65. The first-order valence-corrected chi connectivity index (χ1v) is 6.35. The number of halogens is 1. The van der Waals surface area contributed by atoms with E-state index in [1.54, 1.807) is 11.8 Å². The van der Waals surface area contributed by atoms with Crippen molar-refractivity contribution < 1.29 is 5.11 Å². The number of aliphatic hydroxyl groups excluding tert-OH is 1. The van der Waals surface area contributed by atoms with Crippen molar-refractivity contribution in [1.29, 1.82) is 0 Å². The summed E-state index contributed by atoms with van der Waals surface area (Å²) in [5.74, 6) is 0.965. The Bertz CT molecular complexity index is 301. The highest BCUT2D eigenvalue weighted by molar-refractivity contribution is 7.98. The molecule has 0 aliphatic heterocycles. The van der Waals surface area contributed by atoms with Gasteiger partial charge in [0.2, 0.25) is 0 Å². The van der Waals surface area contributed by atoms with E-state index in [9.17, 15) is 5.11 Å². The van der Waals surface area contributed by atoms with Crippen LogP contribution in [0.4, 0.5) is 0 Å². The number of thioether (sulfide) groups is 1. The molecule has 0 saturated carbocycles. The number of aryl methyl sites for hydroxylation is 1. The smallest absolute Gasteiger partial charge is 0.0798 e. The van der Waals surface area contributed by atoms with Crippen molar-refractivity contribution in [2.24, 2.45) is 0 Å². The molecule has 0 radical (unpaired) electrons. The van der Waals surface area contributed by atoms with Gasteiger partial charge in [0.15, 0.2) is 0 Å². The maximum absolute atomic E-state index is 9.79. The van der Waals surface area contributed by atoms with Crippen molar-refractivity contribution in [2.45, 2.75) is 19.4 Å². The molecule has 1 unspecified atom stereocenters. The first-order valence-electron chi connectivity index (χ1n) is 4.58. The second-order valence-corrected chi connectivity index (χ2v) is 4.70. The minimum absolute atomic E-state index is 0.388. The summed E-state index contributed by atoms with van der Waals surface area (Å²) in [4.78, 5) is 0. The van der Waals surface area contributed by atoms with Crippen molar-refractivity contribution in [3.05, 3.63) is 34.3 Å². The predicted octanol–water partition coefficient (Wildman–Crippen LogP) is 3.43. The van der Waals surface area contributed by atoms with Gasteiger partial charge in [-0.25, -0.2) is 0 Å². The van der Waals surface area contributed by atoms with Crippen LogP contribution in [0.5, 0.6) is 0 Å². The molecule has 0 aromatic heterocycles. The molecule has 0 bridgehead atoms. The largest absolute Gasteiger partial charge is 0.388 e. The molecule has 0 saturated heterocycles. The van der Waals surface area contributed by atoms with Crippen molar-refractivity contribution >= 4 is 23.4 Å². The van der Waals surface area contributed by atoms with Crippen LogP contribution in [0, 0.1) is 6.92 Å². The second kappa shape index (κ2) is 5.64. The molecule has 3 heteroatoms. The van der Waals surface area contributed by atoms with E-state index in [4.69, 9.17) is 11.6 Å². The van der Waals surface area contributed by atoms with Crippen molar-refractivity contribution in [2.75, 3.05) is 12.0 Å². The summed E-state index contributed by atoms with van der Waals surface area (Å²) in [6.45, 7) is 1.96. The summed E-state index contributed by atoms with van der Waals surface area (Å²) in [6.07, 6.45) is 2.43. The normalized spacial score (nSPS) is 12.9. The summed E-state index contributed by atoms with van der Waals surface area (Å²) < 4.78 is 0. The van der Waals surface area contributed by atoms with E-state index in [0.29, 0.717) is 0 Å². The van der Waals surface area contributed by atoms with E-state index in [0.717, 1.165) is 28.3 Å². The number of hydrogen-bond acceptors (Lipinski definition) is 2. The lowest BCUT2D eigenvalue weighted by atomic mass is 10.1. The zero-order valence-electron chi connectivity index (χ0n) is 8.46. The lowest BCUT2D eigenvalue weighted by Crippen LogP contribution is -1.99. The molecule has 1 rings (SSSR count). The summed E-state index contributed by atoms with van der Waals surface area (Å²) in [5.41, 5.74) is 1.96. The Morgan fingerprint density at radius 2 is 2.21 bits per heavy atom. The fraction of sp³-hybridized carbons (Fsp3) is 0.455. The standard InChI is InChI=1S/C11H15ClOS/c1-8-3-4-9(7-10(8)12)11(13)5-6-14-2/h3-4,7,11,13H,5-6H2,1-2H3. The number of hydrogen-bond donors (Lipinski definition) is 1. The summed E-state index contributed by atoms with van der Waals surface area (Å²) in [5, 5.41) is 10.5. The Kier molecular flexibility index (Phi) is 4.79. The van der Waals surface area contributed by atoms with E-state index in [-0.39, 0.29) is 6.10 Å². The first kappa shape index (κ1) is 11.9. The molecule has 0 heterocycles. The topological polar surface area (TPSA) is 20.2 Å². The van der Waals surface area contributed by atoms with Gasteiger partial charge in [-0.3, -0.25) is 0 Å². The molecule has 1 atom stereocenters. The van der Waals surface area contributed by atoms with Gasteiger partial charge in [-0.2, -0.15) is 11.8 Å². The molecule has 0 aliphatic carbocycles. The van der Waals surface area contributed by atoms with Gasteiger partial charge in [0, 0.05) is 5.02 Å². The van der Waals surface area contributed by atoms with E-state index < -0.39 is 0 Å². The number of benzene rings is 1. The van der Waals surface area contributed by atoms with Gasteiger partial charge < -0.3 is 5.11 Å². The molecule has 1 aromatic rings. The predicted molar refractivity (Wildman–Crippen MR) is 64.1 cm³/mol. The lowest BCUT2D eigenvalue weighted by molar-refractivity contribution is 0.175. The van der Waals surface area contributed by atoms with Crippen LogP contribution in [0.15, 0.2) is 18.2 Å². The molecule has 78 valence electrons. The number of rotatable bonds is 4. The highest BCUT2D eigenvalue weighted by atomic mass is 35.5. The molecule has 0 fully saturated rings. The van der Waals surface area contributed by atoms with Crippen LogP contribution in [0.1, 0.15) is 23.7 Å². The van der Waals surface area contributed by atoms with Gasteiger partial charge in [-0.05, 0) is 42.5 Å². The van der Waals surface area contributed by atoms with E-state index in [2.05, 4.69) is 0 Å². The van der Waals surface area contributed by atoms with Gasteiger partial charge in [0.25, 0.3) is 0 Å². The van der Waals surface area contributed by atoms with Crippen molar-refractivity contribution in [3.63, 3.8) is 0 Å². The highest BCUT2D eigenvalue weighted by Crippen LogP contribution is 2.23. The van der Waals surface area contributed by atoms with Crippen LogP contribution in [0.2, 0.25) is 5.02 Å². The molecular weight excluding hydrogens is 216 g/mol. The van der Waals surface area contributed by atoms with Gasteiger partial charge in [-0.15, -0.1) is 0 Å². The third-order valence-corrected chi connectivity index (χ3v) is 3.23. The summed E-state index contributed by atoms with van der Waals surface area (Å²) in [6, 6.07) is 5.73. The Morgan fingerprint density at radius 1 is 1.50 bits per heavy atom. The molecular formula is C11H15ClOS. The van der Waals surface area contributed by atoms with E-state index >= 15 is 0 Å². The lowest BCUT2D eigenvalue weighted by Gasteiger charge is -2.11. The van der Waals surface area contributed by atoms with Crippen molar-refractivity contribution in [1.82, 2.24) is 0 Å². The maximum atomic E-state index is 9.79. The molecule has 1 N–H and O–H groups in total. The fourth-order valence-electron chi connectivity index (χ4n) is 1.21. The number of aliphatic hydroxyl groups is 1. The maximum Gasteiger partial charge on any atom is 0.0798 e. The Balaban J connectivity index is 2.70. The Hall–Kier alpha value is -0.180. The Morgan fingerprint density at radius 3 is 2.79 bits per heavy atom. The van der Waals surface area contributed by atoms with E-state index in [1.165, 1.54) is 0 Å². The minimum Gasteiger partial charge on any atom is -0.388 e. The molecule has 0 aliphatic rings. The minimum atomic E-state index is -0.388. The third-order valence-electron chi connectivity index (χ3n) is 2.18. The van der Waals surface area contributed by atoms with Gasteiger partial charge >= 0.3 is 0 Å². The zero-order valence-corrected chi connectivity index (χ0v) is 10.0. The van der Waals surface area contributed by atoms with Crippen LogP contribution >= 0.6 is 23.4 Å². The fourth-order valence-corrected chi connectivity index (χ4v) is 1.86. The van der Waals surface area contributed by atoms with Crippen LogP contribution < -0.4 is 0 Å². The van der Waals surface area contributed by atoms with Crippen LogP contribution in [0.25, 0.3) is 0 Å². The van der Waals surface area contributed by atoms with Gasteiger partial charge in [0.05, 0.1) is 6.10 Å². The average molecular weight is 231 g/mol. The average Bonchev–Trinajstić information content (AvgIpc) is 2.18.